The first-order valence-electron chi connectivity index (χ1n) is 7.30. The number of aromatic carboxylic acids is 1. The number of aryl methyl sites for hydroxylation is 1. The second-order valence-corrected chi connectivity index (χ2v) is 5.37. The molecule has 0 spiro atoms. The molecule has 2 N–H and O–H groups in total. The summed E-state index contributed by atoms with van der Waals surface area (Å²) in [7, 11) is 0. The van der Waals surface area contributed by atoms with Crippen LogP contribution in [0.5, 0.6) is 0 Å². The summed E-state index contributed by atoms with van der Waals surface area (Å²) in [5, 5.41) is 16.0. The van der Waals surface area contributed by atoms with E-state index in [2.05, 4.69) is 10.4 Å². The van der Waals surface area contributed by atoms with Crippen molar-refractivity contribution in [1.82, 2.24) is 15.1 Å². The van der Waals surface area contributed by atoms with Gasteiger partial charge in [0.15, 0.2) is 0 Å². The molecule has 0 atom stereocenters. The van der Waals surface area contributed by atoms with Crippen molar-refractivity contribution in [3.05, 3.63) is 52.8 Å². The number of nitrogens with zero attached hydrogens (tertiary/aromatic N) is 2. The Balaban J connectivity index is 1.65. The highest BCUT2D eigenvalue weighted by Gasteiger charge is 2.19. The minimum atomic E-state index is -0.956. The van der Waals surface area contributed by atoms with E-state index in [1.807, 2.05) is 4.68 Å². The molecule has 22 heavy (non-hydrogen) atoms. The van der Waals surface area contributed by atoms with Crippen LogP contribution in [0.15, 0.2) is 30.5 Å². The third-order valence-corrected chi connectivity index (χ3v) is 3.88. The standard InChI is InChI=1S/C16H17N3O3/c20-15(13-10-18-19-8-2-1-3-14(13)19)17-9-11-4-6-12(7-5-11)16(21)22/h4-7,10H,1-3,8-9H2,(H,17,20)(H,21,22). The number of carboxylic acids is 1. The van der Waals surface area contributed by atoms with Crippen LogP contribution in [-0.2, 0) is 19.5 Å². The molecule has 2 heterocycles. The van der Waals surface area contributed by atoms with E-state index in [1.165, 1.54) is 12.1 Å². The number of carbonyl (C=O) groups is 2. The number of carboxylic acid groups (broad SMARTS) is 1. The third kappa shape index (κ3) is 2.86. The molecule has 1 aliphatic heterocycles. The number of nitrogens with one attached hydrogen (secondary N) is 1. The van der Waals surface area contributed by atoms with Crippen LogP contribution in [0.1, 0.15) is 44.8 Å². The fraction of sp³-hybridized carbons (Fsp3) is 0.312. The maximum absolute atomic E-state index is 12.3. The summed E-state index contributed by atoms with van der Waals surface area (Å²) in [4.78, 5) is 23.1. The van der Waals surface area contributed by atoms with Crippen LogP contribution in [-0.4, -0.2) is 26.8 Å². The van der Waals surface area contributed by atoms with E-state index in [9.17, 15) is 9.59 Å². The summed E-state index contributed by atoms with van der Waals surface area (Å²) in [5.74, 6) is -1.09. The molecular weight excluding hydrogens is 282 g/mol. The Hall–Kier alpha value is -2.63. The molecule has 1 aromatic carbocycles. The molecule has 0 bridgehead atoms. The van der Waals surface area contributed by atoms with Crippen molar-refractivity contribution in [3.8, 4) is 0 Å². The van der Waals surface area contributed by atoms with Crippen molar-refractivity contribution in [1.29, 1.82) is 0 Å². The van der Waals surface area contributed by atoms with Crippen LogP contribution in [0.4, 0.5) is 0 Å². The van der Waals surface area contributed by atoms with Crippen LogP contribution in [0, 0.1) is 0 Å². The quantitative estimate of drug-likeness (QED) is 0.902. The van der Waals surface area contributed by atoms with Gasteiger partial charge in [-0.05, 0) is 37.0 Å². The molecule has 2 aromatic rings. The van der Waals surface area contributed by atoms with Crippen molar-refractivity contribution in [2.24, 2.45) is 0 Å². The van der Waals surface area contributed by atoms with Gasteiger partial charge in [-0.3, -0.25) is 9.48 Å². The average molecular weight is 299 g/mol. The summed E-state index contributed by atoms with van der Waals surface area (Å²) in [6.45, 7) is 1.24. The van der Waals surface area contributed by atoms with E-state index in [1.54, 1.807) is 18.3 Å². The molecule has 6 nitrogen and oxygen atoms in total. The van der Waals surface area contributed by atoms with Crippen LogP contribution in [0.25, 0.3) is 0 Å². The Bertz CT molecular complexity index is 704. The molecule has 1 aromatic heterocycles. The van der Waals surface area contributed by atoms with Gasteiger partial charge in [0.05, 0.1) is 23.0 Å². The zero-order valence-corrected chi connectivity index (χ0v) is 12.1. The molecule has 0 unspecified atom stereocenters. The zero-order chi connectivity index (χ0) is 15.5. The highest BCUT2D eigenvalue weighted by Crippen LogP contribution is 2.18. The van der Waals surface area contributed by atoms with E-state index in [0.717, 1.165) is 37.1 Å². The van der Waals surface area contributed by atoms with Gasteiger partial charge < -0.3 is 10.4 Å². The van der Waals surface area contributed by atoms with Crippen molar-refractivity contribution in [2.75, 3.05) is 0 Å². The summed E-state index contributed by atoms with van der Waals surface area (Å²) >= 11 is 0. The van der Waals surface area contributed by atoms with Gasteiger partial charge in [0.25, 0.3) is 5.91 Å². The average Bonchev–Trinajstić information content (AvgIpc) is 2.97. The van der Waals surface area contributed by atoms with Gasteiger partial charge in [0, 0.05) is 13.1 Å². The highest BCUT2D eigenvalue weighted by atomic mass is 16.4. The lowest BCUT2D eigenvalue weighted by Gasteiger charge is -2.14. The van der Waals surface area contributed by atoms with Crippen LogP contribution in [0.3, 0.4) is 0 Å². The van der Waals surface area contributed by atoms with Gasteiger partial charge in [-0.25, -0.2) is 4.79 Å². The van der Waals surface area contributed by atoms with Crippen LogP contribution >= 0.6 is 0 Å². The van der Waals surface area contributed by atoms with Crippen LogP contribution < -0.4 is 5.32 Å². The number of rotatable bonds is 4. The van der Waals surface area contributed by atoms with Crippen LogP contribution in [0.2, 0.25) is 0 Å². The molecule has 114 valence electrons. The molecule has 0 aliphatic carbocycles. The lowest BCUT2D eigenvalue weighted by molar-refractivity contribution is 0.0696. The van der Waals surface area contributed by atoms with Crippen molar-refractivity contribution < 1.29 is 14.7 Å². The summed E-state index contributed by atoms with van der Waals surface area (Å²) in [6.07, 6.45) is 4.70. The van der Waals surface area contributed by atoms with Gasteiger partial charge in [-0.2, -0.15) is 5.10 Å². The van der Waals surface area contributed by atoms with Gasteiger partial charge in [-0.15, -0.1) is 0 Å². The van der Waals surface area contributed by atoms with E-state index in [0.29, 0.717) is 12.1 Å². The maximum Gasteiger partial charge on any atom is 0.335 e. The second kappa shape index (κ2) is 6.01. The molecule has 0 radical (unpaired) electrons. The Morgan fingerprint density at radius 2 is 2.00 bits per heavy atom. The molecule has 0 saturated carbocycles. The highest BCUT2D eigenvalue weighted by molar-refractivity contribution is 5.95. The fourth-order valence-electron chi connectivity index (χ4n) is 2.65. The van der Waals surface area contributed by atoms with E-state index in [-0.39, 0.29) is 11.5 Å². The lowest BCUT2D eigenvalue weighted by atomic mass is 10.1. The SMILES string of the molecule is O=C(O)c1ccc(CNC(=O)c2cnn3c2CCCC3)cc1. The lowest BCUT2D eigenvalue weighted by Crippen LogP contribution is -2.24. The molecule has 0 fully saturated rings. The fourth-order valence-corrected chi connectivity index (χ4v) is 2.65. The summed E-state index contributed by atoms with van der Waals surface area (Å²) in [5.41, 5.74) is 2.74. The second-order valence-electron chi connectivity index (χ2n) is 5.37. The number of fused-ring (bicyclic) bond motifs is 1. The predicted molar refractivity (Wildman–Crippen MR) is 79.7 cm³/mol. The van der Waals surface area contributed by atoms with Gasteiger partial charge in [0.1, 0.15) is 0 Å². The molecular formula is C16H17N3O3. The Morgan fingerprint density at radius 3 is 2.73 bits per heavy atom. The van der Waals surface area contributed by atoms with Crippen molar-refractivity contribution in [2.45, 2.75) is 32.4 Å². The first-order valence-corrected chi connectivity index (χ1v) is 7.30. The number of hydrogen-bond donors (Lipinski definition) is 2. The Morgan fingerprint density at radius 1 is 1.23 bits per heavy atom. The first kappa shape index (κ1) is 14.3. The molecule has 0 saturated heterocycles. The largest absolute Gasteiger partial charge is 0.478 e. The third-order valence-electron chi connectivity index (χ3n) is 3.88. The summed E-state index contributed by atoms with van der Waals surface area (Å²) < 4.78 is 1.90. The molecule has 3 rings (SSSR count). The topological polar surface area (TPSA) is 84.2 Å². The molecule has 6 heteroatoms. The Labute approximate surface area is 127 Å². The minimum absolute atomic E-state index is 0.134. The molecule has 1 aliphatic rings. The number of amides is 1. The predicted octanol–water partition coefficient (Wildman–Crippen LogP) is 1.85. The Kier molecular flexibility index (Phi) is 3.91. The van der Waals surface area contributed by atoms with E-state index >= 15 is 0 Å². The number of benzene rings is 1. The van der Waals surface area contributed by atoms with Crippen molar-refractivity contribution in [3.63, 3.8) is 0 Å². The van der Waals surface area contributed by atoms with E-state index in [4.69, 9.17) is 5.11 Å². The number of aromatic nitrogens is 2. The zero-order valence-electron chi connectivity index (χ0n) is 12.1. The monoisotopic (exact) mass is 299 g/mol. The maximum atomic E-state index is 12.3. The smallest absolute Gasteiger partial charge is 0.335 e. The number of carbonyl (C=O) groups excluding carboxylic acids is 1. The van der Waals surface area contributed by atoms with Crippen molar-refractivity contribution >= 4 is 11.9 Å². The minimum Gasteiger partial charge on any atom is -0.478 e. The van der Waals surface area contributed by atoms with Gasteiger partial charge >= 0.3 is 5.97 Å². The number of hydrogen-bond acceptors (Lipinski definition) is 3. The van der Waals surface area contributed by atoms with Gasteiger partial charge in [0.2, 0.25) is 0 Å². The normalized spacial score (nSPS) is 13.5. The first-order chi connectivity index (χ1) is 10.6. The van der Waals surface area contributed by atoms with Gasteiger partial charge in [-0.1, -0.05) is 12.1 Å². The van der Waals surface area contributed by atoms with E-state index < -0.39 is 5.97 Å². The molecule has 1 amide bonds. The summed E-state index contributed by atoms with van der Waals surface area (Å²) in [6, 6.07) is 6.48.